The van der Waals surface area contributed by atoms with Gasteiger partial charge in [-0.3, -0.25) is 4.79 Å². The molecule has 1 aromatic heterocycles. The minimum atomic E-state index is -0.121. The van der Waals surface area contributed by atoms with E-state index in [-0.39, 0.29) is 11.9 Å². The molecule has 25 heavy (non-hydrogen) atoms. The third kappa shape index (κ3) is 4.98. The van der Waals surface area contributed by atoms with E-state index in [2.05, 4.69) is 20.5 Å². The van der Waals surface area contributed by atoms with Crippen LogP contribution in [0.5, 0.6) is 0 Å². The van der Waals surface area contributed by atoms with Crippen molar-refractivity contribution in [2.45, 2.75) is 17.5 Å². The summed E-state index contributed by atoms with van der Waals surface area (Å²) >= 11 is 7.30. The first-order valence-corrected chi connectivity index (χ1v) is 8.89. The summed E-state index contributed by atoms with van der Waals surface area (Å²) in [7, 11) is 0. The van der Waals surface area contributed by atoms with Gasteiger partial charge in [0.15, 0.2) is 0 Å². The Hall–Kier alpha value is -2.51. The molecule has 2 aromatic carbocycles. The van der Waals surface area contributed by atoms with Crippen LogP contribution in [0.25, 0.3) is 0 Å². The molecule has 0 saturated heterocycles. The Morgan fingerprint density at radius 1 is 1.20 bits per heavy atom. The standard InChI is InChI=1S/C17H16ClN5OS/c18-14-6-4-11(5-7-14)9-20-15(24)13-3-1-2-12(8-13)10-25-17-21-16(19)22-23-17/h1-8H,9-10H2,(H,20,24)(H3,19,21,22,23). The van der Waals surface area contributed by atoms with Gasteiger partial charge in [-0.15, -0.1) is 5.10 Å². The first kappa shape index (κ1) is 17.3. The molecule has 0 aliphatic rings. The van der Waals surface area contributed by atoms with E-state index < -0.39 is 0 Å². The highest BCUT2D eigenvalue weighted by Gasteiger charge is 2.08. The molecule has 3 aromatic rings. The summed E-state index contributed by atoms with van der Waals surface area (Å²) in [6.07, 6.45) is 0. The van der Waals surface area contributed by atoms with Crippen molar-refractivity contribution in [3.05, 3.63) is 70.2 Å². The number of nitrogens with two attached hydrogens (primary N) is 1. The van der Waals surface area contributed by atoms with Gasteiger partial charge in [-0.1, -0.05) is 47.6 Å². The van der Waals surface area contributed by atoms with Crippen molar-refractivity contribution >= 4 is 35.2 Å². The average Bonchev–Trinajstić information content (AvgIpc) is 3.05. The summed E-state index contributed by atoms with van der Waals surface area (Å²) in [5.74, 6) is 0.817. The van der Waals surface area contributed by atoms with Gasteiger partial charge in [0, 0.05) is 22.9 Å². The number of rotatable bonds is 6. The van der Waals surface area contributed by atoms with E-state index in [0.717, 1.165) is 11.1 Å². The molecule has 0 fully saturated rings. The van der Waals surface area contributed by atoms with Crippen LogP contribution in [-0.2, 0) is 12.3 Å². The Morgan fingerprint density at radius 2 is 2.00 bits per heavy atom. The van der Waals surface area contributed by atoms with Crippen LogP contribution >= 0.6 is 23.4 Å². The zero-order valence-corrected chi connectivity index (χ0v) is 14.8. The summed E-state index contributed by atoms with van der Waals surface area (Å²) < 4.78 is 0. The van der Waals surface area contributed by atoms with Crippen molar-refractivity contribution in [3.8, 4) is 0 Å². The van der Waals surface area contributed by atoms with Crippen LogP contribution in [0.15, 0.2) is 53.7 Å². The summed E-state index contributed by atoms with van der Waals surface area (Å²) in [5, 5.41) is 10.7. The molecular formula is C17H16ClN5OS. The highest BCUT2D eigenvalue weighted by atomic mass is 35.5. The molecule has 3 rings (SSSR count). The second-order valence-electron chi connectivity index (χ2n) is 5.30. The molecule has 0 radical (unpaired) electrons. The largest absolute Gasteiger partial charge is 0.368 e. The molecule has 0 bridgehead atoms. The average molecular weight is 374 g/mol. The molecule has 0 unspecified atom stereocenters. The maximum Gasteiger partial charge on any atom is 0.251 e. The van der Waals surface area contributed by atoms with Gasteiger partial charge in [-0.25, -0.2) is 5.10 Å². The smallest absolute Gasteiger partial charge is 0.251 e. The van der Waals surface area contributed by atoms with E-state index in [0.29, 0.717) is 28.0 Å². The number of carbonyl (C=O) groups excluding carboxylic acids is 1. The molecule has 0 saturated carbocycles. The van der Waals surface area contributed by atoms with Crippen molar-refractivity contribution in [2.75, 3.05) is 5.73 Å². The van der Waals surface area contributed by atoms with Crippen molar-refractivity contribution in [1.82, 2.24) is 20.5 Å². The van der Waals surface area contributed by atoms with Gasteiger partial charge in [0.1, 0.15) is 0 Å². The number of aromatic amines is 1. The zero-order chi connectivity index (χ0) is 17.6. The Labute approximate surface area is 154 Å². The van der Waals surface area contributed by atoms with Crippen molar-refractivity contribution < 1.29 is 4.79 Å². The molecule has 1 heterocycles. The predicted octanol–water partition coefficient (Wildman–Crippen LogP) is 3.26. The highest BCUT2D eigenvalue weighted by molar-refractivity contribution is 7.98. The van der Waals surface area contributed by atoms with Crippen LogP contribution in [-0.4, -0.2) is 21.1 Å². The molecular weight excluding hydrogens is 358 g/mol. The van der Waals surface area contributed by atoms with E-state index >= 15 is 0 Å². The number of nitrogen functional groups attached to an aromatic ring is 1. The van der Waals surface area contributed by atoms with Crippen LogP contribution in [0, 0.1) is 0 Å². The first-order valence-electron chi connectivity index (χ1n) is 7.52. The van der Waals surface area contributed by atoms with Gasteiger partial charge in [-0.05, 0) is 35.4 Å². The Bertz CT molecular complexity index is 865. The van der Waals surface area contributed by atoms with Gasteiger partial charge in [-0.2, -0.15) is 4.98 Å². The third-order valence-electron chi connectivity index (χ3n) is 3.41. The number of aromatic nitrogens is 3. The lowest BCUT2D eigenvalue weighted by Gasteiger charge is -2.07. The van der Waals surface area contributed by atoms with Gasteiger partial charge in [0.25, 0.3) is 5.91 Å². The highest BCUT2D eigenvalue weighted by Crippen LogP contribution is 2.20. The van der Waals surface area contributed by atoms with Crippen LogP contribution < -0.4 is 11.1 Å². The minimum Gasteiger partial charge on any atom is -0.368 e. The van der Waals surface area contributed by atoms with Gasteiger partial charge < -0.3 is 11.1 Å². The quantitative estimate of drug-likeness (QED) is 0.576. The number of amides is 1. The monoisotopic (exact) mass is 373 g/mol. The fourth-order valence-corrected chi connectivity index (χ4v) is 3.03. The summed E-state index contributed by atoms with van der Waals surface area (Å²) in [6.45, 7) is 0.450. The molecule has 0 aliphatic carbocycles. The van der Waals surface area contributed by atoms with Gasteiger partial charge in [0.2, 0.25) is 11.1 Å². The number of nitrogens with one attached hydrogen (secondary N) is 2. The van der Waals surface area contributed by atoms with Crippen molar-refractivity contribution in [3.63, 3.8) is 0 Å². The molecule has 6 nitrogen and oxygen atoms in total. The normalized spacial score (nSPS) is 10.6. The fraction of sp³-hybridized carbons (Fsp3) is 0.118. The lowest BCUT2D eigenvalue weighted by molar-refractivity contribution is 0.0951. The number of thioether (sulfide) groups is 1. The Kier molecular flexibility index (Phi) is 5.57. The lowest BCUT2D eigenvalue weighted by Crippen LogP contribution is -2.22. The van der Waals surface area contributed by atoms with E-state index in [1.807, 2.05) is 30.3 Å². The second kappa shape index (κ2) is 8.04. The fourth-order valence-electron chi connectivity index (χ4n) is 2.16. The van der Waals surface area contributed by atoms with Crippen LogP contribution in [0.3, 0.4) is 0 Å². The number of benzene rings is 2. The van der Waals surface area contributed by atoms with E-state index in [4.69, 9.17) is 17.3 Å². The summed E-state index contributed by atoms with van der Waals surface area (Å²) in [5.41, 5.74) is 8.11. The topological polar surface area (TPSA) is 96.7 Å². The first-order chi connectivity index (χ1) is 12.1. The zero-order valence-electron chi connectivity index (χ0n) is 13.2. The second-order valence-corrected chi connectivity index (χ2v) is 6.68. The van der Waals surface area contributed by atoms with Crippen molar-refractivity contribution in [1.29, 1.82) is 0 Å². The molecule has 1 amide bonds. The number of halogens is 1. The number of H-pyrrole nitrogens is 1. The maximum atomic E-state index is 12.3. The third-order valence-corrected chi connectivity index (χ3v) is 4.58. The van der Waals surface area contributed by atoms with Crippen LogP contribution in [0.4, 0.5) is 5.95 Å². The number of nitrogens with zero attached hydrogens (tertiary/aromatic N) is 2. The number of carbonyl (C=O) groups is 1. The van der Waals surface area contributed by atoms with Crippen LogP contribution in [0.2, 0.25) is 5.02 Å². The minimum absolute atomic E-state index is 0.121. The summed E-state index contributed by atoms with van der Waals surface area (Å²) in [6, 6.07) is 14.8. The molecule has 4 N–H and O–H groups in total. The van der Waals surface area contributed by atoms with Gasteiger partial charge in [0.05, 0.1) is 0 Å². The summed E-state index contributed by atoms with van der Waals surface area (Å²) in [4.78, 5) is 16.4. The van der Waals surface area contributed by atoms with Gasteiger partial charge >= 0.3 is 0 Å². The van der Waals surface area contributed by atoms with E-state index in [1.165, 1.54) is 11.8 Å². The van der Waals surface area contributed by atoms with Crippen molar-refractivity contribution in [2.24, 2.45) is 0 Å². The van der Waals surface area contributed by atoms with E-state index in [9.17, 15) is 4.79 Å². The predicted molar refractivity (Wildman–Crippen MR) is 99.4 cm³/mol. The maximum absolute atomic E-state index is 12.3. The number of anilines is 1. The molecule has 0 spiro atoms. The number of hydrogen-bond donors (Lipinski definition) is 3. The van der Waals surface area contributed by atoms with E-state index in [1.54, 1.807) is 18.2 Å². The number of hydrogen-bond acceptors (Lipinski definition) is 5. The molecule has 8 heteroatoms. The molecule has 128 valence electrons. The van der Waals surface area contributed by atoms with Crippen LogP contribution in [0.1, 0.15) is 21.5 Å². The molecule has 0 aliphatic heterocycles. The Balaban J connectivity index is 1.58. The molecule has 0 atom stereocenters. The lowest BCUT2D eigenvalue weighted by atomic mass is 10.1. The SMILES string of the molecule is Nc1nc(SCc2cccc(C(=O)NCc3ccc(Cl)cc3)c2)n[nH]1. The Morgan fingerprint density at radius 3 is 2.72 bits per heavy atom.